The summed E-state index contributed by atoms with van der Waals surface area (Å²) in [4.78, 5) is 11.3. The monoisotopic (exact) mass is 484 g/mol. The van der Waals surface area contributed by atoms with Crippen molar-refractivity contribution in [3.63, 3.8) is 0 Å². The fraction of sp³-hybridized carbons (Fsp3) is 0.462. The van der Waals surface area contributed by atoms with Crippen LogP contribution < -0.4 is 14.8 Å². The van der Waals surface area contributed by atoms with Gasteiger partial charge in [-0.25, -0.2) is 9.97 Å². The van der Waals surface area contributed by atoms with Gasteiger partial charge in [0.25, 0.3) is 0 Å². The number of fused-ring (bicyclic) bond motifs is 1. The van der Waals surface area contributed by atoms with Crippen molar-refractivity contribution in [2.24, 2.45) is 0 Å². The van der Waals surface area contributed by atoms with Gasteiger partial charge in [0.05, 0.1) is 19.2 Å². The van der Waals surface area contributed by atoms with E-state index in [-0.39, 0.29) is 6.10 Å². The molecule has 0 amide bonds. The summed E-state index contributed by atoms with van der Waals surface area (Å²) >= 11 is 6.39. The SMILES string of the molecule is CCCCN1CCOC(COc2cc3ncnc(Nc4ccc(CC)c(Cl)c4)c3cc2OC)C1. The number of nitrogens with zero attached hydrogens (tertiary/aromatic N) is 3. The van der Waals surface area contributed by atoms with E-state index in [4.69, 9.17) is 25.8 Å². The summed E-state index contributed by atoms with van der Waals surface area (Å²) in [6, 6.07) is 9.74. The molecule has 1 N–H and O–H groups in total. The molecule has 1 aromatic heterocycles. The van der Waals surface area contributed by atoms with Gasteiger partial charge < -0.3 is 19.5 Å². The third-order valence-electron chi connectivity index (χ3n) is 6.09. The molecule has 1 aliphatic rings. The normalized spacial score (nSPS) is 16.5. The Balaban J connectivity index is 1.51. The van der Waals surface area contributed by atoms with E-state index in [9.17, 15) is 0 Å². The van der Waals surface area contributed by atoms with Crippen LogP contribution >= 0.6 is 11.6 Å². The number of rotatable bonds is 10. The summed E-state index contributed by atoms with van der Waals surface area (Å²) in [7, 11) is 1.64. The standard InChI is InChI=1S/C26H33ClN4O3/c1-4-6-9-31-10-11-33-20(15-31)16-34-25-14-23-21(13-24(25)32-3)26(29-17-28-23)30-19-8-7-18(5-2)22(27)12-19/h7-8,12-14,17,20H,4-6,9-11,15-16H2,1-3H3,(H,28,29,30). The van der Waals surface area contributed by atoms with Crippen LogP contribution in [0.1, 0.15) is 32.3 Å². The Kier molecular flexibility index (Phi) is 8.43. The number of nitrogens with one attached hydrogen (secondary N) is 1. The van der Waals surface area contributed by atoms with Gasteiger partial charge in [-0.3, -0.25) is 4.90 Å². The molecule has 34 heavy (non-hydrogen) atoms. The Labute approximate surface area is 206 Å². The number of hydrogen-bond acceptors (Lipinski definition) is 7. The van der Waals surface area contributed by atoms with Crippen molar-refractivity contribution >= 4 is 34.0 Å². The van der Waals surface area contributed by atoms with Gasteiger partial charge in [-0.15, -0.1) is 0 Å². The van der Waals surface area contributed by atoms with Crippen molar-refractivity contribution in [1.29, 1.82) is 0 Å². The Morgan fingerprint density at radius 3 is 2.82 bits per heavy atom. The zero-order valence-electron chi connectivity index (χ0n) is 20.1. The van der Waals surface area contributed by atoms with Crippen LogP contribution in [0.5, 0.6) is 11.5 Å². The lowest BCUT2D eigenvalue weighted by atomic mass is 10.1. The van der Waals surface area contributed by atoms with Gasteiger partial charge in [0.15, 0.2) is 11.5 Å². The van der Waals surface area contributed by atoms with Gasteiger partial charge in [-0.1, -0.05) is 37.9 Å². The van der Waals surface area contributed by atoms with Crippen LogP contribution in [0, 0.1) is 0 Å². The molecule has 3 aromatic rings. The lowest BCUT2D eigenvalue weighted by Gasteiger charge is -2.32. The van der Waals surface area contributed by atoms with Crippen molar-refractivity contribution in [2.75, 3.05) is 45.3 Å². The molecule has 1 atom stereocenters. The lowest BCUT2D eigenvalue weighted by molar-refractivity contribution is -0.0483. The second-order valence-electron chi connectivity index (χ2n) is 8.49. The van der Waals surface area contributed by atoms with Crippen LogP contribution in [0.25, 0.3) is 10.9 Å². The topological polar surface area (TPSA) is 68.7 Å². The van der Waals surface area contributed by atoms with Crippen molar-refractivity contribution in [2.45, 2.75) is 39.2 Å². The first-order chi connectivity index (χ1) is 16.6. The van der Waals surface area contributed by atoms with Gasteiger partial charge in [-0.05, 0) is 43.1 Å². The molecule has 2 heterocycles. The van der Waals surface area contributed by atoms with Crippen LogP contribution in [0.4, 0.5) is 11.5 Å². The van der Waals surface area contributed by atoms with E-state index in [2.05, 4.69) is 34.0 Å². The highest BCUT2D eigenvalue weighted by molar-refractivity contribution is 6.31. The van der Waals surface area contributed by atoms with Gasteiger partial charge in [0.1, 0.15) is 24.9 Å². The maximum Gasteiger partial charge on any atom is 0.163 e. The van der Waals surface area contributed by atoms with E-state index in [1.807, 2.05) is 30.3 Å². The first kappa shape index (κ1) is 24.5. The number of aryl methyl sites for hydroxylation is 1. The Hall–Kier alpha value is -2.61. The quantitative estimate of drug-likeness (QED) is 0.408. The first-order valence-electron chi connectivity index (χ1n) is 12.0. The van der Waals surface area contributed by atoms with Gasteiger partial charge in [-0.2, -0.15) is 0 Å². The minimum atomic E-state index is 0.0319. The molecule has 0 aliphatic carbocycles. The number of ether oxygens (including phenoxy) is 3. The van der Waals surface area contributed by atoms with E-state index in [0.29, 0.717) is 23.9 Å². The molecule has 7 nitrogen and oxygen atoms in total. The first-order valence-corrected chi connectivity index (χ1v) is 12.3. The second kappa shape index (κ2) is 11.7. The molecular formula is C26H33ClN4O3. The van der Waals surface area contributed by atoms with Crippen LogP contribution in [-0.4, -0.2) is 60.9 Å². The van der Waals surface area contributed by atoms with Gasteiger partial charge in [0, 0.05) is 35.3 Å². The average molecular weight is 485 g/mol. The highest BCUT2D eigenvalue weighted by atomic mass is 35.5. The second-order valence-corrected chi connectivity index (χ2v) is 8.89. The summed E-state index contributed by atoms with van der Waals surface area (Å²) in [6.45, 7) is 8.46. The van der Waals surface area contributed by atoms with Gasteiger partial charge in [0.2, 0.25) is 0 Å². The molecule has 8 heteroatoms. The summed E-state index contributed by atoms with van der Waals surface area (Å²) in [5.41, 5.74) is 2.74. The Morgan fingerprint density at radius 2 is 2.06 bits per heavy atom. The van der Waals surface area contributed by atoms with Crippen molar-refractivity contribution in [3.8, 4) is 11.5 Å². The number of unbranched alkanes of at least 4 members (excludes halogenated alkanes) is 1. The summed E-state index contributed by atoms with van der Waals surface area (Å²) < 4.78 is 17.7. The number of benzene rings is 2. The number of methoxy groups -OCH3 is 1. The molecule has 2 aromatic carbocycles. The Morgan fingerprint density at radius 1 is 1.18 bits per heavy atom. The highest BCUT2D eigenvalue weighted by Gasteiger charge is 2.21. The maximum absolute atomic E-state index is 6.39. The molecule has 1 unspecified atom stereocenters. The number of halogens is 1. The minimum absolute atomic E-state index is 0.0319. The van der Waals surface area contributed by atoms with E-state index in [1.165, 1.54) is 12.8 Å². The van der Waals surface area contributed by atoms with Crippen LogP contribution in [0.2, 0.25) is 5.02 Å². The minimum Gasteiger partial charge on any atom is -0.493 e. The predicted octanol–water partition coefficient (Wildman–Crippen LogP) is 5.48. The van der Waals surface area contributed by atoms with Crippen molar-refractivity contribution in [3.05, 3.63) is 47.2 Å². The molecule has 1 aliphatic heterocycles. The van der Waals surface area contributed by atoms with Crippen LogP contribution in [0.3, 0.4) is 0 Å². The molecule has 0 spiro atoms. The molecule has 0 radical (unpaired) electrons. The number of morpholine rings is 1. The third kappa shape index (κ3) is 5.90. The summed E-state index contributed by atoms with van der Waals surface area (Å²) in [5, 5.41) is 4.93. The number of hydrogen-bond donors (Lipinski definition) is 1. The third-order valence-corrected chi connectivity index (χ3v) is 6.44. The van der Waals surface area contributed by atoms with E-state index in [0.717, 1.165) is 59.8 Å². The molecule has 182 valence electrons. The lowest BCUT2D eigenvalue weighted by Crippen LogP contribution is -2.45. The average Bonchev–Trinajstić information content (AvgIpc) is 2.86. The van der Waals surface area contributed by atoms with E-state index in [1.54, 1.807) is 13.4 Å². The molecule has 1 fully saturated rings. The van der Waals surface area contributed by atoms with Crippen molar-refractivity contribution < 1.29 is 14.2 Å². The van der Waals surface area contributed by atoms with E-state index < -0.39 is 0 Å². The highest BCUT2D eigenvalue weighted by Crippen LogP contribution is 2.35. The van der Waals surface area contributed by atoms with Crippen LogP contribution in [-0.2, 0) is 11.2 Å². The fourth-order valence-electron chi connectivity index (χ4n) is 4.13. The summed E-state index contributed by atoms with van der Waals surface area (Å²) in [5.74, 6) is 1.95. The smallest absolute Gasteiger partial charge is 0.163 e. The molecule has 4 rings (SSSR count). The summed E-state index contributed by atoms with van der Waals surface area (Å²) in [6.07, 6.45) is 4.86. The van der Waals surface area contributed by atoms with E-state index >= 15 is 0 Å². The van der Waals surface area contributed by atoms with Gasteiger partial charge >= 0.3 is 0 Å². The zero-order valence-corrected chi connectivity index (χ0v) is 20.9. The Bertz CT molecular complexity index is 1110. The maximum atomic E-state index is 6.39. The zero-order chi connectivity index (χ0) is 23.9. The predicted molar refractivity (Wildman–Crippen MR) is 137 cm³/mol. The number of aromatic nitrogens is 2. The van der Waals surface area contributed by atoms with Crippen molar-refractivity contribution in [1.82, 2.24) is 14.9 Å². The molecule has 0 bridgehead atoms. The molecule has 0 saturated carbocycles. The number of anilines is 2. The fourth-order valence-corrected chi connectivity index (χ4v) is 4.45. The van der Waals surface area contributed by atoms with Crippen LogP contribution in [0.15, 0.2) is 36.7 Å². The molecular weight excluding hydrogens is 452 g/mol. The largest absolute Gasteiger partial charge is 0.493 e. The molecule has 1 saturated heterocycles.